The molecule has 0 spiro atoms. The Labute approximate surface area is 126 Å². The van der Waals surface area contributed by atoms with Crippen molar-refractivity contribution in [3.05, 3.63) is 0 Å². The first-order valence-electron chi connectivity index (χ1n) is 7.75. The fraction of sp³-hybridized carbons (Fsp3) is 0.867. The van der Waals surface area contributed by atoms with Crippen LogP contribution in [0.2, 0.25) is 0 Å². The van der Waals surface area contributed by atoms with Crippen molar-refractivity contribution in [3.8, 4) is 0 Å². The Kier molecular flexibility index (Phi) is 6.20. The van der Waals surface area contributed by atoms with E-state index in [1.807, 2.05) is 11.2 Å². The molecule has 0 atom stereocenters. The highest BCUT2D eigenvalue weighted by Gasteiger charge is 2.25. The van der Waals surface area contributed by atoms with Crippen molar-refractivity contribution in [3.63, 3.8) is 0 Å². The maximum Gasteiger partial charge on any atom is 0.232 e. The predicted molar refractivity (Wildman–Crippen MR) is 82.7 cm³/mol. The number of carbonyl (C=O) groups excluding carboxylic acids is 2. The van der Waals surface area contributed by atoms with Crippen molar-refractivity contribution in [2.45, 2.75) is 38.5 Å². The van der Waals surface area contributed by atoms with Crippen LogP contribution in [0.15, 0.2) is 0 Å². The molecule has 2 aliphatic rings. The van der Waals surface area contributed by atoms with Crippen LogP contribution in [0.1, 0.15) is 38.5 Å². The molecule has 0 radical (unpaired) electrons. The zero-order chi connectivity index (χ0) is 14.4. The van der Waals surface area contributed by atoms with Gasteiger partial charge in [-0.1, -0.05) is 12.8 Å². The van der Waals surface area contributed by atoms with Crippen molar-refractivity contribution < 1.29 is 9.59 Å². The van der Waals surface area contributed by atoms with E-state index in [0.29, 0.717) is 11.7 Å². The monoisotopic (exact) mass is 298 g/mol. The summed E-state index contributed by atoms with van der Waals surface area (Å²) < 4.78 is 0. The van der Waals surface area contributed by atoms with Gasteiger partial charge in [-0.15, -0.1) is 0 Å². The Balaban J connectivity index is 1.64. The van der Waals surface area contributed by atoms with Gasteiger partial charge in [-0.25, -0.2) is 0 Å². The second-order valence-corrected chi connectivity index (χ2v) is 6.85. The summed E-state index contributed by atoms with van der Waals surface area (Å²) in [6.07, 6.45) is 8.53. The number of hydrogen-bond acceptors (Lipinski definition) is 3. The van der Waals surface area contributed by atoms with Crippen LogP contribution in [0.4, 0.5) is 0 Å². The van der Waals surface area contributed by atoms with Gasteiger partial charge in [0.15, 0.2) is 0 Å². The molecule has 0 aromatic rings. The maximum atomic E-state index is 12.0. The fourth-order valence-corrected chi connectivity index (χ4v) is 3.61. The standard InChI is InChI=1S/C15H26N2O2S/c1-20-11-14(18)17-8-6-12(7-9-17)10-16-15(19)13-4-2-3-5-13/h12-13H,2-11H2,1H3,(H,16,19). The van der Waals surface area contributed by atoms with E-state index in [1.54, 1.807) is 11.8 Å². The molecule has 1 aliphatic heterocycles. The highest BCUT2D eigenvalue weighted by Crippen LogP contribution is 2.25. The van der Waals surface area contributed by atoms with Crippen molar-refractivity contribution in [2.75, 3.05) is 31.6 Å². The van der Waals surface area contributed by atoms with Gasteiger partial charge in [-0.05, 0) is 37.9 Å². The van der Waals surface area contributed by atoms with E-state index < -0.39 is 0 Å². The minimum atomic E-state index is 0.253. The van der Waals surface area contributed by atoms with Gasteiger partial charge in [0.1, 0.15) is 0 Å². The van der Waals surface area contributed by atoms with E-state index in [2.05, 4.69) is 5.32 Å². The third kappa shape index (κ3) is 4.40. The number of likely N-dealkylation sites (tertiary alicyclic amines) is 1. The Hall–Kier alpha value is -0.710. The van der Waals surface area contributed by atoms with Crippen LogP contribution in [0.5, 0.6) is 0 Å². The van der Waals surface area contributed by atoms with Gasteiger partial charge in [0.2, 0.25) is 11.8 Å². The Morgan fingerprint density at radius 3 is 2.40 bits per heavy atom. The smallest absolute Gasteiger partial charge is 0.232 e. The highest BCUT2D eigenvalue weighted by molar-refractivity contribution is 7.99. The number of piperidine rings is 1. The average Bonchev–Trinajstić information content (AvgIpc) is 3.00. The summed E-state index contributed by atoms with van der Waals surface area (Å²) >= 11 is 1.58. The molecule has 1 aliphatic carbocycles. The number of rotatable bonds is 5. The Morgan fingerprint density at radius 2 is 1.80 bits per heavy atom. The third-order valence-corrected chi connectivity index (χ3v) is 5.06. The molecule has 5 heteroatoms. The molecule has 4 nitrogen and oxygen atoms in total. The molecule has 0 unspecified atom stereocenters. The molecule has 20 heavy (non-hydrogen) atoms. The van der Waals surface area contributed by atoms with Crippen molar-refractivity contribution >= 4 is 23.6 Å². The summed E-state index contributed by atoms with van der Waals surface area (Å²) in [6.45, 7) is 2.49. The Bertz CT molecular complexity index is 335. The van der Waals surface area contributed by atoms with Gasteiger partial charge >= 0.3 is 0 Å². The molecule has 1 N–H and O–H groups in total. The third-order valence-electron chi connectivity index (χ3n) is 4.53. The molecule has 0 aromatic heterocycles. The molecule has 1 saturated heterocycles. The van der Waals surface area contributed by atoms with E-state index in [9.17, 15) is 9.59 Å². The topological polar surface area (TPSA) is 49.4 Å². The number of carbonyl (C=O) groups is 2. The van der Waals surface area contributed by atoms with Crippen LogP contribution in [-0.4, -0.2) is 48.4 Å². The zero-order valence-electron chi connectivity index (χ0n) is 12.4. The van der Waals surface area contributed by atoms with Crippen molar-refractivity contribution in [1.29, 1.82) is 0 Å². The zero-order valence-corrected chi connectivity index (χ0v) is 13.2. The molecule has 1 heterocycles. The fourth-order valence-electron chi connectivity index (χ4n) is 3.18. The van der Waals surface area contributed by atoms with Crippen molar-refractivity contribution in [2.24, 2.45) is 11.8 Å². The molecular formula is C15H26N2O2S. The number of nitrogens with one attached hydrogen (secondary N) is 1. The van der Waals surface area contributed by atoms with E-state index in [4.69, 9.17) is 0 Å². The number of thioether (sulfide) groups is 1. The van der Waals surface area contributed by atoms with Crippen molar-refractivity contribution in [1.82, 2.24) is 10.2 Å². The van der Waals surface area contributed by atoms with Crippen LogP contribution in [0, 0.1) is 11.8 Å². The SMILES string of the molecule is CSCC(=O)N1CCC(CNC(=O)C2CCCC2)CC1. The number of nitrogens with zero attached hydrogens (tertiary/aromatic N) is 1. The quantitative estimate of drug-likeness (QED) is 0.843. The molecule has 2 rings (SSSR count). The maximum absolute atomic E-state index is 12.0. The summed E-state index contributed by atoms with van der Waals surface area (Å²) in [5.41, 5.74) is 0. The first kappa shape index (κ1) is 15.7. The lowest BCUT2D eigenvalue weighted by molar-refractivity contribution is -0.130. The Morgan fingerprint density at radius 1 is 1.15 bits per heavy atom. The van der Waals surface area contributed by atoms with E-state index in [-0.39, 0.29) is 17.7 Å². The van der Waals surface area contributed by atoms with Crippen LogP contribution in [0.25, 0.3) is 0 Å². The largest absolute Gasteiger partial charge is 0.356 e. The molecule has 2 amide bonds. The molecule has 1 saturated carbocycles. The van der Waals surface area contributed by atoms with Crippen LogP contribution in [0.3, 0.4) is 0 Å². The van der Waals surface area contributed by atoms with E-state index >= 15 is 0 Å². The van der Waals surface area contributed by atoms with Gasteiger partial charge < -0.3 is 10.2 Å². The summed E-state index contributed by atoms with van der Waals surface area (Å²) in [5.74, 6) is 1.90. The van der Waals surface area contributed by atoms with Gasteiger partial charge in [0.25, 0.3) is 0 Å². The van der Waals surface area contributed by atoms with Gasteiger partial charge in [0, 0.05) is 25.6 Å². The van der Waals surface area contributed by atoms with E-state index in [0.717, 1.165) is 45.3 Å². The van der Waals surface area contributed by atoms with Gasteiger partial charge in [-0.3, -0.25) is 9.59 Å². The number of amides is 2. The van der Waals surface area contributed by atoms with E-state index in [1.165, 1.54) is 12.8 Å². The lowest BCUT2D eigenvalue weighted by Crippen LogP contribution is -2.42. The summed E-state index contributed by atoms with van der Waals surface area (Å²) in [4.78, 5) is 25.7. The summed E-state index contributed by atoms with van der Waals surface area (Å²) in [5, 5.41) is 3.12. The first-order valence-corrected chi connectivity index (χ1v) is 9.14. The van der Waals surface area contributed by atoms with Crippen LogP contribution in [-0.2, 0) is 9.59 Å². The molecule has 114 valence electrons. The molecule has 2 fully saturated rings. The normalized spacial score (nSPS) is 21.1. The minimum absolute atomic E-state index is 0.253. The molecule has 0 aromatic carbocycles. The lowest BCUT2D eigenvalue weighted by atomic mass is 9.96. The molecular weight excluding hydrogens is 272 g/mol. The first-order chi connectivity index (χ1) is 9.70. The summed E-state index contributed by atoms with van der Waals surface area (Å²) in [6, 6.07) is 0. The minimum Gasteiger partial charge on any atom is -0.356 e. The highest BCUT2D eigenvalue weighted by atomic mass is 32.2. The van der Waals surface area contributed by atoms with Gasteiger partial charge in [-0.2, -0.15) is 11.8 Å². The summed E-state index contributed by atoms with van der Waals surface area (Å²) in [7, 11) is 0. The van der Waals surface area contributed by atoms with Crippen LogP contribution >= 0.6 is 11.8 Å². The number of hydrogen-bond donors (Lipinski definition) is 1. The average molecular weight is 298 g/mol. The lowest BCUT2D eigenvalue weighted by Gasteiger charge is -2.32. The second-order valence-electron chi connectivity index (χ2n) is 5.98. The second kappa shape index (κ2) is 7.91. The molecule has 0 bridgehead atoms. The predicted octanol–water partition coefficient (Wildman–Crippen LogP) is 1.89. The van der Waals surface area contributed by atoms with Crippen LogP contribution < -0.4 is 5.32 Å². The van der Waals surface area contributed by atoms with Gasteiger partial charge in [0.05, 0.1) is 5.75 Å².